The topological polar surface area (TPSA) is 56.0 Å². The molecule has 0 saturated carbocycles. The van der Waals surface area contributed by atoms with E-state index in [2.05, 4.69) is 11.1 Å². The molecule has 0 radical (unpaired) electrons. The summed E-state index contributed by atoms with van der Waals surface area (Å²) in [5.74, 6) is -0.434. The van der Waals surface area contributed by atoms with E-state index in [1.165, 1.54) is 0 Å². The molecular formula is C16H14N2O. The zero-order valence-corrected chi connectivity index (χ0v) is 10.9. The van der Waals surface area contributed by atoms with Crippen LogP contribution in [-0.4, -0.2) is 10.9 Å². The third-order valence-electron chi connectivity index (χ3n) is 3.60. The molecule has 3 aromatic rings. The maximum atomic E-state index is 11.6. The second-order valence-electron chi connectivity index (χ2n) is 4.81. The zero-order valence-electron chi connectivity index (χ0n) is 10.9. The van der Waals surface area contributed by atoms with Gasteiger partial charge in [0.1, 0.15) is 0 Å². The zero-order chi connectivity index (χ0) is 13.6. The fourth-order valence-electron chi connectivity index (χ4n) is 2.40. The summed E-state index contributed by atoms with van der Waals surface area (Å²) in [6, 6.07) is 11.8. The number of nitrogens with zero attached hydrogens (tertiary/aromatic N) is 1. The van der Waals surface area contributed by atoms with Crippen molar-refractivity contribution in [3.05, 3.63) is 53.1 Å². The number of rotatable bonds is 1. The third kappa shape index (κ3) is 1.74. The normalized spacial score (nSPS) is 11.1. The minimum Gasteiger partial charge on any atom is -0.366 e. The van der Waals surface area contributed by atoms with Gasteiger partial charge in [-0.2, -0.15) is 0 Å². The molecule has 19 heavy (non-hydrogen) atoms. The van der Waals surface area contributed by atoms with Crippen LogP contribution in [-0.2, 0) is 0 Å². The molecule has 94 valence electrons. The van der Waals surface area contributed by atoms with Crippen molar-refractivity contribution in [2.45, 2.75) is 13.8 Å². The van der Waals surface area contributed by atoms with Crippen LogP contribution in [0.3, 0.4) is 0 Å². The SMILES string of the molecule is Cc1cc(C(N)=O)c2nc3ccccc3cc2c1C. The fourth-order valence-corrected chi connectivity index (χ4v) is 2.40. The number of primary amides is 1. The summed E-state index contributed by atoms with van der Waals surface area (Å²) >= 11 is 0. The van der Waals surface area contributed by atoms with E-state index in [1.807, 2.05) is 44.2 Å². The molecule has 0 aliphatic heterocycles. The van der Waals surface area contributed by atoms with Gasteiger partial charge >= 0.3 is 0 Å². The van der Waals surface area contributed by atoms with Gasteiger partial charge in [0.05, 0.1) is 16.6 Å². The van der Waals surface area contributed by atoms with Crippen LogP contribution in [0.2, 0.25) is 0 Å². The van der Waals surface area contributed by atoms with Crippen LogP contribution in [0, 0.1) is 13.8 Å². The molecule has 0 saturated heterocycles. The first-order valence-electron chi connectivity index (χ1n) is 6.17. The van der Waals surface area contributed by atoms with E-state index < -0.39 is 5.91 Å². The molecule has 2 aromatic carbocycles. The van der Waals surface area contributed by atoms with Gasteiger partial charge < -0.3 is 5.73 Å². The van der Waals surface area contributed by atoms with Crippen molar-refractivity contribution in [2.24, 2.45) is 5.73 Å². The summed E-state index contributed by atoms with van der Waals surface area (Å²) in [6.45, 7) is 4.02. The van der Waals surface area contributed by atoms with E-state index in [9.17, 15) is 4.79 Å². The first-order valence-corrected chi connectivity index (χ1v) is 6.17. The van der Waals surface area contributed by atoms with Gasteiger partial charge in [-0.05, 0) is 43.2 Å². The minimum atomic E-state index is -0.434. The standard InChI is InChI=1S/C16H14N2O/c1-9-7-13(16(17)19)15-12(10(9)2)8-11-5-3-4-6-14(11)18-15/h3-8H,1-2H3,(H2,17,19). The van der Waals surface area contributed by atoms with E-state index in [0.717, 1.165) is 27.4 Å². The molecule has 3 heteroatoms. The molecule has 0 unspecified atom stereocenters. The summed E-state index contributed by atoms with van der Waals surface area (Å²) < 4.78 is 0. The molecule has 0 bridgehead atoms. The van der Waals surface area contributed by atoms with Crippen LogP contribution in [0.15, 0.2) is 36.4 Å². The average Bonchev–Trinajstić information content (AvgIpc) is 2.41. The van der Waals surface area contributed by atoms with Crippen molar-refractivity contribution in [1.82, 2.24) is 4.98 Å². The van der Waals surface area contributed by atoms with Gasteiger partial charge in [-0.1, -0.05) is 18.2 Å². The van der Waals surface area contributed by atoms with Crippen molar-refractivity contribution in [3.63, 3.8) is 0 Å². The number of benzene rings is 2. The predicted octanol–water partition coefficient (Wildman–Crippen LogP) is 3.10. The Balaban J connectivity index is 2.55. The number of hydrogen-bond donors (Lipinski definition) is 1. The highest BCUT2D eigenvalue weighted by Crippen LogP contribution is 2.27. The molecule has 0 fully saturated rings. The first-order chi connectivity index (χ1) is 9.08. The highest BCUT2D eigenvalue weighted by molar-refractivity contribution is 6.08. The van der Waals surface area contributed by atoms with Crippen molar-refractivity contribution in [3.8, 4) is 0 Å². The van der Waals surface area contributed by atoms with Crippen molar-refractivity contribution >= 4 is 27.7 Å². The second kappa shape index (κ2) is 4.05. The van der Waals surface area contributed by atoms with Gasteiger partial charge in [0.25, 0.3) is 5.91 Å². The Morgan fingerprint density at radius 3 is 2.63 bits per heavy atom. The number of aryl methyl sites for hydroxylation is 2. The fraction of sp³-hybridized carbons (Fsp3) is 0.125. The quantitative estimate of drug-likeness (QED) is 0.675. The van der Waals surface area contributed by atoms with E-state index in [0.29, 0.717) is 11.1 Å². The summed E-state index contributed by atoms with van der Waals surface area (Å²) in [6.07, 6.45) is 0. The number of carbonyl (C=O) groups excluding carboxylic acids is 1. The maximum Gasteiger partial charge on any atom is 0.250 e. The van der Waals surface area contributed by atoms with Crippen LogP contribution in [0.1, 0.15) is 21.5 Å². The number of aromatic nitrogens is 1. The van der Waals surface area contributed by atoms with Crippen molar-refractivity contribution < 1.29 is 4.79 Å². The lowest BCUT2D eigenvalue weighted by molar-refractivity contribution is 0.100. The lowest BCUT2D eigenvalue weighted by atomic mass is 9.98. The van der Waals surface area contributed by atoms with Crippen LogP contribution >= 0.6 is 0 Å². The van der Waals surface area contributed by atoms with Crippen molar-refractivity contribution in [1.29, 1.82) is 0 Å². The van der Waals surface area contributed by atoms with Gasteiger partial charge in [0, 0.05) is 10.8 Å². The molecule has 3 nitrogen and oxygen atoms in total. The highest BCUT2D eigenvalue weighted by Gasteiger charge is 2.13. The first kappa shape index (κ1) is 11.7. The Labute approximate surface area is 111 Å². The predicted molar refractivity (Wildman–Crippen MR) is 77.2 cm³/mol. The van der Waals surface area contributed by atoms with E-state index in [4.69, 9.17) is 5.73 Å². The number of para-hydroxylation sites is 1. The molecule has 1 heterocycles. The molecule has 0 atom stereocenters. The Hall–Kier alpha value is -2.42. The monoisotopic (exact) mass is 250 g/mol. The van der Waals surface area contributed by atoms with Crippen LogP contribution in [0.5, 0.6) is 0 Å². The minimum absolute atomic E-state index is 0.434. The molecule has 2 N–H and O–H groups in total. The average molecular weight is 250 g/mol. The smallest absolute Gasteiger partial charge is 0.250 e. The third-order valence-corrected chi connectivity index (χ3v) is 3.60. The van der Waals surface area contributed by atoms with E-state index >= 15 is 0 Å². The molecule has 3 rings (SSSR count). The lowest BCUT2D eigenvalue weighted by Gasteiger charge is -2.10. The highest BCUT2D eigenvalue weighted by atomic mass is 16.1. The summed E-state index contributed by atoms with van der Waals surface area (Å²) in [5.41, 5.74) is 9.71. The number of amides is 1. The van der Waals surface area contributed by atoms with Crippen LogP contribution in [0.4, 0.5) is 0 Å². The van der Waals surface area contributed by atoms with Gasteiger partial charge in [0.2, 0.25) is 0 Å². The summed E-state index contributed by atoms with van der Waals surface area (Å²) in [7, 11) is 0. The lowest BCUT2D eigenvalue weighted by Crippen LogP contribution is -2.13. The van der Waals surface area contributed by atoms with Crippen LogP contribution < -0.4 is 5.73 Å². The summed E-state index contributed by atoms with van der Waals surface area (Å²) in [5, 5.41) is 2.06. The van der Waals surface area contributed by atoms with Gasteiger partial charge in [-0.3, -0.25) is 4.79 Å². The molecule has 1 amide bonds. The number of hydrogen-bond acceptors (Lipinski definition) is 2. The molecule has 0 aliphatic carbocycles. The maximum absolute atomic E-state index is 11.6. The van der Waals surface area contributed by atoms with Gasteiger partial charge in [-0.15, -0.1) is 0 Å². The largest absolute Gasteiger partial charge is 0.366 e. The number of pyridine rings is 1. The van der Waals surface area contributed by atoms with Gasteiger partial charge in [0.15, 0.2) is 0 Å². The number of nitrogens with two attached hydrogens (primary N) is 1. The van der Waals surface area contributed by atoms with Gasteiger partial charge in [-0.25, -0.2) is 4.98 Å². The molecule has 0 spiro atoms. The van der Waals surface area contributed by atoms with E-state index in [1.54, 1.807) is 0 Å². The number of carbonyl (C=O) groups is 1. The molecule has 1 aromatic heterocycles. The molecular weight excluding hydrogens is 236 g/mol. The number of fused-ring (bicyclic) bond motifs is 2. The Morgan fingerprint density at radius 1 is 1.16 bits per heavy atom. The Bertz CT molecular complexity index is 822. The Morgan fingerprint density at radius 2 is 1.89 bits per heavy atom. The Kier molecular flexibility index (Phi) is 2.49. The second-order valence-corrected chi connectivity index (χ2v) is 4.81. The summed E-state index contributed by atoms with van der Waals surface area (Å²) in [4.78, 5) is 16.2. The van der Waals surface area contributed by atoms with Crippen LogP contribution in [0.25, 0.3) is 21.8 Å². The van der Waals surface area contributed by atoms with E-state index in [-0.39, 0.29) is 0 Å². The van der Waals surface area contributed by atoms with Crippen molar-refractivity contribution in [2.75, 3.05) is 0 Å². The molecule has 0 aliphatic rings.